The molecular formula is C29H28N4OS. The van der Waals surface area contributed by atoms with E-state index in [4.69, 9.17) is 0 Å². The van der Waals surface area contributed by atoms with E-state index >= 15 is 0 Å². The Balaban J connectivity index is 1.43. The molecule has 0 amide bonds. The van der Waals surface area contributed by atoms with Crippen molar-refractivity contribution < 1.29 is 4.79 Å². The number of para-hydroxylation sites is 2. The van der Waals surface area contributed by atoms with Gasteiger partial charge in [-0.3, -0.25) is 9.36 Å². The summed E-state index contributed by atoms with van der Waals surface area (Å²) in [7, 11) is 2.03. The van der Waals surface area contributed by atoms with Gasteiger partial charge in [0.2, 0.25) is 0 Å². The van der Waals surface area contributed by atoms with Crippen LogP contribution < -0.4 is 4.90 Å². The summed E-state index contributed by atoms with van der Waals surface area (Å²) in [6.45, 7) is 6.40. The second kappa shape index (κ2) is 9.19. The zero-order valence-corrected chi connectivity index (χ0v) is 21.2. The Bertz CT molecular complexity index is 1420. The Labute approximate surface area is 210 Å². The van der Waals surface area contributed by atoms with Gasteiger partial charge in [0.05, 0.1) is 5.75 Å². The number of likely N-dealkylation sites (N-methyl/N-ethyl adjacent to an activating group) is 1. The van der Waals surface area contributed by atoms with E-state index in [2.05, 4.69) is 66.2 Å². The van der Waals surface area contributed by atoms with E-state index in [1.54, 1.807) is 6.08 Å². The van der Waals surface area contributed by atoms with Gasteiger partial charge in [-0.2, -0.15) is 0 Å². The minimum Gasteiger partial charge on any atom is -0.347 e. The number of nitrogens with zero attached hydrogens (tertiary/aromatic N) is 4. The number of aromatic nitrogens is 3. The van der Waals surface area contributed by atoms with E-state index in [0.29, 0.717) is 5.16 Å². The summed E-state index contributed by atoms with van der Waals surface area (Å²) >= 11 is 1.42. The molecule has 0 saturated heterocycles. The molecule has 0 saturated carbocycles. The van der Waals surface area contributed by atoms with Crippen molar-refractivity contribution in [2.45, 2.75) is 31.3 Å². The average Bonchev–Trinajstić information content (AvgIpc) is 3.37. The van der Waals surface area contributed by atoms with Crippen LogP contribution in [0.3, 0.4) is 0 Å². The molecule has 0 spiro atoms. The van der Waals surface area contributed by atoms with Crippen LogP contribution in [0.5, 0.6) is 0 Å². The lowest BCUT2D eigenvalue weighted by molar-refractivity contribution is -0.112. The van der Waals surface area contributed by atoms with E-state index in [9.17, 15) is 4.79 Å². The van der Waals surface area contributed by atoms with Gasteiger partial charge < -0.3 is 4.90 Å². The summed E-state index contributed by atoms with van der Waals surface area (Å²) in [5.74, 6) is 1.10. The maximum absolute atomic E-state index is 13.1. The van der Waals surface area contributed by atoms with Crippen LogP contribution in [-0.4, -0.2) is 33.3 Å². The molecule has 1 aliphatic rings. The van der Waals surface area contributed by atoms with Crippen LogP contribution in [0.15, 0.2) is 95.8 Å². The molecule has 0 N–H and O–H groups in total. The minimum atomic E-state index is -0.228. The number of ketones is 1. The van der Waals surface area contributed by atoms with Gasteiger partial charge >= 0.3 is 0 Å². The summed E-state index contributed by atoms with van der Waals surface area (Å²) in [5, 5.41) is 9.67. The van der Waals surface area contributed by atoms with E-state index in [0.717, 1.165) is 34.0 Å². The SMILES string of the molecule is Cc1cccc(-c2nnc(SCC(=O)C=C3N(C)c4ccccc4C3(C)C)n2-c2ccccc2)c1. The fourth-order valence-electron chi connectivity index (χ4n) is 4.73. The first-order valence-corrected chi connectivity index (χ1v) is 12.6. The number of carbonyl (C=O) groups excluding carboxylic acids is 1. The Hall–Kier alpha value is -3.64. The molecule has 176 valence electrons. The predicted molar refractivity (Wildman–Crippen MR) is 143 cm³/mol. The fourth-order valence-corrected chi connectivity index (χ4v) is 5.51. The lowest BCUT2D eigenvalue weighted by Crippen LogP contribution is -2.24. The molecular weight excluding hydrogens is 452 g/mol. The molecule has 5 nitrogen and oxygen atoms in total. The van der Waals surface area contributed by atoms with Gasteiger partial charge in [-0.25, -0.2) is 0 Å². The Morgan fingerprint density at radius 1 is 0.971 bits per heavy atom. The predicted octanol–water partition coefficient (Wildman–Crippen LogP) is 6.22. The standard InChI is InChI=1S/C29H28N4OS/c1-20-11-10-12-21(17-20)27-30-31-28(33(27)22-13-6-5-7-14-22)35-19-23(34)18-26-29(2,3)24-15-8-9-16-25(24)32(26)4/h5-18H,19H2,1-4H3. The highest BCUT2D eigenvalue weighted by Gasteiger charge is 2.38. The van der Waals surface area contributed by atoms with Crippen LogP contribution in [0.4, 0.5) is 5.69 Å². The van der Waals surface area contributed by atoms with Crippen LogP contribution >= 0.6 is 11.8 Å². The van der Waals surface area contributed by atoms with Crippen molar-refractivity contribution in [1.29, 1.82) is 0 Å². The molecule has 0 radical (unpaired) electrons. The number of benzene rings is 3. The first-order valence-electron chi connectivity index (χ1n) is 11.6. The van der Waals surface area contributed by atoms with E-state index in [1.807, 2.05) is 60.1 Å². The first kappa shape index (κ1) is 23.1. The van der Waals surface area contributed by atoms with Crippen molar-refractivity contribution in [2.24, 2.45) is 0 Å². The number of hydrogen-bond acceptors (Lipinski definition) is 5. The van der Waals surface area contributed by atoms with Crippen molar-refractivity contribution in [2.75, 3.05) is 17.7 Å². The molecule has 0 fully saturated rings. The molecule has 1 aromatic heterocycles. The summed E-state index contributed by atoms with van der Waals surface area (Å²) < 4.78 is 2.03. The quantitative estimate of drug-likeness (QED) is 0.242. The van der Waals surface area contributed by atoms with Crippen LogP contribution in [0, 0.1) is 6.92 Å². The number of anilines is 1. The van der Waals surface area contributed by atoms with Crippen LogP contribution in [0.1, 0.15) is 25.0 Å². The Morgan fingerprint density at radius 3 is 2.46 bits per heavy atom. The number of carbonyl (C=O) groups is 1. The maximum Gasteiger partial charge on any atom is 0.196 e. The zero-order chi connectivity index (χ0) is 24.6. The number of allylic oxidation sites excluding steroid dienone is 2. The molecule has 0 atom stereocenters. The molecule has 3 aromatic carbocycles. The Kier molecular flexibility index (Phi) is 6.07. The van der Waals surface area contributed by atoms with Crippen molar-refractivity contribution >= 4 is 23.2 Å². The van der Waals surface area contributed by atoms with Gasteiger partial charge in [0.15, 0.2) is 16.8 Å². The highest BCUT2D eigenvalue weighted by atomic mass is 32.2. The molecule has 4 aromatic rings. The molecule has 0 bridgehead atoms. The second-order valence-corrected chi connectivity index (χ2v) is 10.3. The van der Waals surface area contributed by atoms with Gasteiger partial charge in [-0.05, 0) is 36.8 Å². The molecule has 0 aliphatic carbocycles. The Morgan fingerprint density at radius 2 is 1.71 bits per heavy atom. The third-order valence-corrected chi connectivity index (χ3v) is 7.46. The summed E-state index contributed by atoms with van der Waals surface area (Å²) in [4.78, 5) is 15.3. The van der Waals surface area contributed by atoms with Crippen LogP contribution in [0.2, 0.25) is 0 Å². The molecule has 0 unspecified atom stereocenters. The van der Waals surface area contributed by atoms with Crippen molar-refractivity contribution in [3.63, 3.8) is 0 Å². The normalized spacial score (nSPS) is 15.4. The number of hydrogen-bond donors (Lipinski definition) is 0. The zero-order valence-electron chi connectivity index (χ0n) is 20.4. The van der Waals surface area contributed by atoms with E-state index in [1.165, 1.54) is 17.3 Å². The lowest BCUT2D eigenvalue weighted by Gasteiger charge is -2.23. The average molecular weight is 481 g/mol. The molecule has 35 heavy (non-hydrogen) atoms. The summed E-state index contributed by atoms with van der Waals surface area (Å²) in [6, 6.07) is 26.6. The van der Waals surface area contributed by atoms with Crippen LogP contribution in [-0.2, 0) is 10.2 Å². The van der Waals surface area contributed by atoms with Gasteiger partial charge in [-0.1, -0.05) is 85.8 Å². The third kappa shape index (κ3) is 4.30. The highest BCUT2D eigenvalue weighted by molar-refractivity contribution is 7.99. The van der Waals surface area contributed by atoms with E-state index in [-0.39, 0.29) is 17.0 Å². The summed E-state index contributed by atoms with van der Waals surface area (Å²) in [6.07, 6.45) is 1.79. The lowest BCUT2D eigenvalue weighted by atomic mass is 9.83. The number of aryl methyl sites for hydroxylation is 1. The maximum atomic E-state index is 13.1. The molecule has 6 heteroatoms. The number of rotatable bonds is 6. The smallest absolute Gasteiger partial charge is 0.196 e. The van der Waals surface area contributed by atoms with Gasteiger partial charge in [-0.15, -0.1) is 10.2 Å². The van der Waals surface area contributed by atoms with Crippen molar-refractivity contribution in [3.8, 4) is 17.1 Å². The number of fused-ring (bicyclic) bond motifs is 1. The van der Waals surface area contributed by atoms with Gasteiger partial charge in [0.1, 0.15) is 0 Å². The minimum absolute atomic E-state index is 0.0532. The van der Waals surface area contributed by atoms with Crippen molar-refractivity contribution in [3.05, 3.63) is 102 Å². The monoisotopic (exact) mass is 480 g/mol. The summed E-state index contributed by atoms with van der Waals surface area (Å²) in [5.41, 5.74) is 6.29. The largest absolute Gasteiger partial charge is 0.347 e. The van der Waals surface area contributed by atoms with Gasteiger partial charge in [0, 0.05) is 41.2 Å². The van der Waals surface area contributed by atoms with E-state index < -0.39 is 0 Å². The van der Waals surface area contributed by atoms with Gasteiger partial charge in [0.25, 0.3) is 0 Å². The number of thioether (sulfide) groups is 1. The second-order valence-electron chi connectivity index (χ2n) is 9.33. The first-order chi connectivity index (χ1) is 16.9. The van der Waals surface area contributed by atoms with Crippen molar-refractivity contribution in [1.82, 2.24) is 14.8 Å². The molecule has 5 rings (SSSR count). The fraction of sp³-hybridized carbons (Fsp3) is 0.207. The molecule has 1 aliphatic heterocycles. The molecule has 2 heterocycles. The third-order valence-electron chi connectivity index (χ3n) is 6.51. The topological polar surface area (TPSA) is 51.0 Å². The highest BCUT2D eigenvalue weighted by Crippen LogP contribution is 2.46. The van der Waals surface area contributed by atoms with Crippen LogP contribution in [0.25, 0.3) is 17.1 Å².